The number of nitrogens with two attached hydrogens (primary N) is 1. The van der Waals surface area contributed by atoms with Crippen LogP contribution in [0.1, 0.15) is 27.6 Å². The van der Waals surface area contributed by atoms with Gasteiger partial charge in [0.05, 0.1) is 5.56 Å². The fourth-order valence-corrected chi connectivity index (χ4v) is 2.12. The number of carbonyl (C=O) groups excluding carboxylic acids is 1. The SMILES string of the molecule is Nc1cccc(C2OC(=O)c3ccccc32)c1. The lowest BCUT2D eigenvalue weighted by atomic mass is 9.99. The molecule has 0 saturated carbocycles. The van der Waals surface area contributed by atoms with Gasteiger partial charge >= 0.3 is 5.97 Å². The first kappa shape index (κ1) is 9.90. The molecule has 0 aromatic heterocycles. The van der Waals surface area contributed by atoms with Gasteiger partial charge in [-0.2, -0.15) is 0 Å². The molecule has 0 aliphatic carbocycles. The summed E-state index contributed by atoms with van der Waals surface area (Å²) in [7, 11) is 0. The molecule has 1 aliphatic rings. The third kappa shape index (κ3) is 1.56. The van der Waals surface area contributed by atoms with E-state index in [0.29, 0.717) is 11.3 Å². The first-order valence-corrected chi connectivity index (χ1v) is 5.41. The lowest BCUT2D eigenvalue weighted by Crippen LogP contribution is -2.01. The van der Waals surface area contributed by atoms with Gasteiger partial charge in [-0.05, 0) is 23.8 Å². The molecular formula is C14H11NO2. The molecule has 1 aliphatic heterocycles. The van der Waals surface area contributed by atoms with Crippen molar-refractivity contribution in [3.63, 3.8) is 0 Å². The van der Waals surface area contributed by atoms with Gasteiger partial charge in [0.2, 0.25) is 0 Å². The number of hydrogen-bond acceptors (Lipinski definition) is 3. The largest absolute Gasteiger partial charge is 0.449 e. The smallest absolute Gasteiger partial charge is 0.339 e. The Morgan fingerprint density at radius 1 is 1.06 bits per heavy atom. The van der Waals surface area contributed by atoms with Gasteiger partial charge in [0.25, 0.3) is 0 Å². The lowest BCUT2D eigenvalue weighted by Gasteiger charge is -2.11. The summed E-state index contributed by atoms with van der Waals surface area (Å²) >= 11 is 0. The van der Waals surface area contributed by atoms with Crippen LogP contribution in [0.15, 0.2) is 48.5 Å². The van der Waals surface area contributed by atoms with E-state index in [1.807, 2.05) is 42.5 Å². The summed E-state index contributed by atoms with van der Waals surface area (Å²) in [4.78, 5) is 11.7. The van der Waals surface area contributed by atoms with E-state index in [9.17, 15) is 4.79 Å². The van der Waals surface area contributed by atoms with Crippen molar-refractivity contribution < 1.29 is 9.53 Å². The minimum absolute atomic E-state index is 0.270. The summed E-state index contributed by atoms with van der Waals surface area (Å²) in [5, 5.41) is 0. The standard InChI is InChI=1S/C14H11NO2/c15-10-5-3-4-9(8-10)13-11-6-1-2-7-12(11)14(16)17-13/h1-8,13H,15H2. The number of esters is 1. The van der Waals surface area contributed by atoms with Crippen LogP contribution in [-0.2, 0) is 4.74 Å². The topological polar surface area (TPSA) is 52.3 Å². The van der Waals surface area contributed by atoms with Crippen molar-refractivity contribution in [2.45, 2.75) is 6.10 Å². The Morgan fingerprint density at radius 3 is 2.71 bits per heavy atom. The molecule has 0 amide bonds. The van der Waals surface area contributed by atoms with Gasteiger partial charge in [-0.1, -0.05) is 30.3 Å². The van der Waals surface area contributed by atoms with Gasteiger partial charge in [-0.25, -0.2) is 4.79 Å². The highest BCUT2D eigenvalue weighted by molar-refractivity contribution is 5.94. The first-order valence-electron chi connectivity index (χ1n) is 5.41. The van der Waals surface area contributed by atoms with Gasteiger partial charge in [-0.15, -0.1) is 0 Å². The number of hydrogen-bond donors (Lipinski definition) is 1. The maximum absolute atomic E-state index is 11.7. The summed E-state index contributed by atoms with van der Waals surface area (Å²) in [6.45, 7) is 0. The average Bonchev–Trinajstić information content (AvgIpc) is 2.68. The third-order valence-electron chi connectivity index (χ3n) is 2.90. The maximum Gasteiger partial charge on any atom is 0.339 e. The van der Waals surface area contributed by atoms with Crippen molar-refractivity contribution in [1.82, 2.24) is 0 Å². The fraction of sp³-hybridized carbons (Fsp3) is 0.0714. The predicted octanol–water partition coefficient (Wildman–Crippen LogP) is 2.53. The molecule has 0 spiro atoms. The monoisotopic (exact) mass is 225 g/mol. The number of benzene rings is 2. The number of cyclic esters (lactones) is 1. The van der Waals surface area contributed by atoms with Crippen LogP contribution >= 0.6 is 0 Å². The van der Waals surface area contributed by atoms with Gasteiger partial charge in [0.1, 0.15) is 0 Å². The van der Waals surface area contributed by atoms with Crippen LogP contribution in [-0.4, -0.2) is 5.97 Å². The Hall–Kier alpha value is -2.29. The van der Waals surface area contributed by atoms with E-state index in [2.05, 4.69) is 0 Å². The molecule has 0 fully saturated rings. The van der Waals surface area contributed by atoms with Crippen molar-refractivity contribution >= 4 is 11.7 Å². The number of rotatable bonds is 1. The third-order valence-corrected chi connectivity index (χ3v) is 2.90. The summed E-state index contributed by atoms with van der Waals surface area (Å²) in [6.07, 6.45) is -0.331. The molecule has 3 heteroatoms. The van der Waals surface area contributed by atoms with E-state index < -0.39 is 0 Å². The van der Waals surface area contributed by atoms with Crippen LogP contribution < -0.4 is 5.73 Å². The molecule has 0 bridgehead atoms. The van der Waals surface area contributed by atoms with E-state index in [1.54, 1.807) is 6.07 Å². The van der Waals surface area contributed by atoms with Gasteiger partial charge < -0.3 is 10.5 Å². The highest BCUT2D eigenvalue weighted by Crippen LogP contribution is 2.35. The molecule has 2 aromatic rings. The molecular weight excluding hydrogens is 214 g/mol. The quantitative estimate of drug-likeness (QED) is 0.599. The van der Waals surface area contributed by atoms with E-state index in [4.69, 9.17) is 10.5 Å². The minimum atomic E-state index is -0.331. The second-order valence-corrected chi connectivity index (χ2v) is 4.04. The Kier molecular flexibility index (Phi) is 2.11. The molecule has 2 aromatic carbocycles. The Balaban J connectivity index is 2.10. The van der Waals surface area contributed by atoms with Gasteiger partial charge in [-0.3, -0.25) is 0 Å². The summed E-state index contributed by atoms with van der Waals surface area (Å²) in [5.74, 6) is -0.270. The van der Waals surface area contributed by atoms with Crippen LogP contribution in [0.2, 0.25) is 0 Å². The summed E-state index contributed by atoms with van der Waals surface area (Å²) in [6, 6.07) is 14.8. The second-order valence-electron chi connectivity index (χ2n) is 4.04. The molecule has 1 atom stereocenters. The molecule has 1 unspecified atom stereocenters. The summed E-state index contributed by atoms with van der Waals surface area (Å²) in [5.41, 5.74) is 8.86. The van der Waals surface area contributed by atoms with Crippen molar-refractivity contribution in [3.05, 3.63) is 65.2 Å². The molecule has 3 nitrogen and oxygen atoms in total. The number of fused-ring (bicyclic) bond motifs is 1. The van der Waals surface area contributed by atoms with Crippen molar-refractivity contribution in [3.8, 4) is 0 Å². The van der Waals surface area contributed by atoms with Crippen LogP contribution in [0, 0.1) is 0 Å². The molecule has 17 heavy (non-hydrogen) atoms. The van der Waals surface area contributed by atoms with E-state index >= 15 is 0 Å². The maximum atomic E-state index is 11.7. The zero-order valence-corrected chi connectivity index (χ0v) is 9.09. The minimum Gasteiger partial charge on any atom is -0.449 e. The van der Waals surface area contributed by atoms with Gasteiger partial charge in [0, 0.05) is 11.3 Å². The van der Waals surface area contributed by atoms with Crippen molar-refractivity contribution in [2.75, 3.05) is 5.73 Å². The van der Waals surface area contributed by atoms with E-state index in [0.717, 1.165) is 11.1 Å². The molecule has 0 saturated heterocycles. The zero-order valence-electron chi connectivity index (χ0n) is 9.09. The van der Waals surface area contributed by atoms with E-state index in [1.165, 1.54) is 0 Å². The highest BCUT2D eigenvalue weighted by atomic mass is 16.5. The number of carbonyl (C=O) groups is 1. The molecule has 84 valence electrons. The molecule has 2 N–H and O–H groups in total. The van der Waals surface area contributed by atoms with Crippen molar-refractivity contribution in [2.24, 2.45) is 0 Å². The molecule has 3 rings (SSSR count). The van der Waals surface area contributed by atoms with Crippen LogP contribution in [0.25, 0.3) is 0 Å². The van der Waals surface area contributed by atoms with E-state index in [-0.39, 0.29) is 12.1 Å². The zero-order chi connectivity index (χ0) is 11.8. The lowest BCUT2D eigenvalue weighted by molar-refractivity contribution is 0.0456. The molecule has 0 radical (unpaired) electrons. The second kappa shape index (κ2) is 3.63. The Morgan fingerprint density at radius 2 is 1.88 bits per heavy atom. The first-order chi connectivity index (χ1) is 8.25. The Bertz CT molecular complexity index is 592. The molecule has 1 heterocycles. The Labute approximate surface area is 98.8 Å². The van der Waals surface area contributed by atoms with Crippen molar-refractivity contribution in [1.29, 1.82) is 0 Å². The number of ether oxygens (including phenoxy) is 1. The van der Waals surface area contributed by atoms with Crippen LogP contribution in [0.3, 0.4) is 0 Å². The fourth-order valence-electron chi connectivity index (χ4n) is 2.12. The number of nitrogen functional groups attached to an aromatic ring is 1. The normalized spacial score (nSPS) is 17.6. The van der Waals surface area contributed by atoms with Gasteiger partial charge in [0.15, 0.2) is 6.10 Å². The average molecular weight is 225 g/mol. The predicted molar refractivity (Wildman–Crippen MR) is 64.6 cm³/mol. The van der Waals surface area contributed by atoms with Crippen LogP contribution in [0.5, 0.6) is 0 Å². The number of anilines is 1. The van der Waals surface area contributed by atoms with Crippen LogP contribution in [0.4, 0.5) is 5.69 Å². The summed E-state index contributed by atoms with van der Waals surface area (Å²) < 4.78 is 5.38. The highest BCUT2D eigenvalue weighted by Gasteiger charge is 2.31.